The molecule has 9 heavy (non-hydrogen) atoms. The van der Waals surface area contributed by atoms with Crippen LogP contribution in [0.4, 0.5) is 9.59 Å². The summed E-state index contributed by atoms with van der Waals surface area (Å²) in [7, 11) is 0. The van der Waals surface area contributed by atoms with Crippen molar-refractivity contribution in [2.45, 2.75) is 0 Å². The zero-order valence-corrected chi connectivity index (χ0v) is 6.79. The van der Waals surface area contributed by atoms with Crippen molar-refractivity contribution in [2.75, 3.05) is 0 Å². The molecule has 0 unspecified atom stereocenters. The molecular weight excluding hydrogens is 139 g/mol. The summed E-state index contributed by atoms with van der Waals surface area (Å²) in [5, 5.41) is 17.3. The number of rotatable bonds is 0. The molecule has 4 N–H and O–H groups in total. The largest absolute Gasteiger partial charge is 1.00 e. The van der Waals surface area contributed by atoms with E-state index in [-0.39, 0.29) is 31.0 Å². The maximum Gasteiger partial charge on any atom is 1.00 e. The summed E-state index contributed by atoms with van der Waals surface area (Å²) in [6.07, 6.45) is -3.17. The van der Waals surface area contributed by atoms with Gasteiger partial charge in [0.2, 0.25) is 0 Å². The third kappa shape index (κ3) is 1090. The number of hydrogen-bond donors (Lipinski definition) is 2. The second-order valence-electron chi connectivity index (χ2n) is 0.638. The van der Waals surface area contributed by atoms with E-state index in [4.69, 9.17) is 19.8 Å². The third-order valence-electron chi connectivity index (χ3n) is 0. The fraction of sp³-hybridized carbons (Fsp3) is 0. The van der Waals surface area contributed by atoms with Crippen molar-refractivity contribution in [1.29, 1.82) is 0 Å². The molecule has 0 aromatic carbocycles. The second-order valence-corrected chi connectivity index (χ2v) is 0.638. The Bertz CT molecular complexity index is 79.3. The fourth-order valence-electron chi connectivity index (χ4n) is 0. The van der Waals surface area contributed by atoms with Crippen LogP contribution < -0.4 is 51.2 Å². The van der Waals surface area contributed by atoms with E-state index in [0.29, 0.717) is 0 Å². The van der Waals surface area contributed by atoms with Crippen molar-refractivity contribution in [3.05, 3.63) is 0 Å². The quantitative estimate of drug-likeness (QED) is 0.327. The second kappa shape index (κ2) is 10.5. The Morgan fingerprint density at radius 3 is 1.11 bits per heavy atom. The predicted molar refractivity (Wildman–Crippen MR) is 20.3 cm³/mol. The Kier molecular flexibility index (Phi) is 18.5. The maximum atomic E-state index is 8.67. The summed E-state index contributed by atoms with van der Waals surface area (Å²) in [6.45, 7) is 0. The Morgan fingerprint density at radius 2 is 1.11 bits per heavy atom. The van der Waals surface area contributed by atoms with E-state index in [1.807, 2.05) is 0 Å². The van der Waals surface area contributed by atoms with Crippen LogP contribution in [-0.2, 0) is 0 Å². The van der Waals surface area contributed by atoms with Gasteiger partial charge in [0.25, 0.3) is 0 Å². The van der Waals surface area contributed by atoms with Gasteiger partial charge in [0, 0.05) is 0 Å². The molecule has 0 aliphatic carbocycles. The molecule has 0 bridgehead atoms. The first-order valence-corrected chi connectivity index (χ1v) is 1.39. The van der Waals surface area contributed by atoms with Crippen LogP contribution in [0.5, 0.6) is 0 Å². The van der Waals surface area contributed by atoms with Gasteiger partial charge in [-0.3, -0.25) is 0 Å². The van der Waals surface area contributed by atoms with Gasteiger partial charge in [-0.1, -0.05) is 0 Å². The van der Waals surface area contributed by atoms with Gasteiger partial charge in [-0.15, -0.1) is 0 Å². The first kappa shape index (κ1) is 15.8. The Morgan fingerprint density at radius 1 is 1.11 bits per heavy atom. The van der Waals surface area contributed by atoms with Crippen LogP contribution in [0.3, 0.4) is 0 Å². The molecule has 0 heterocycles. The van der Waals surface area contributed by atoms with Crippen LogP contribution in [0.15, 0.2) is 0 Å². The SMILES string of the molecule is NC(=O)[O-].NC(=O)[O-].[H+].[Na+]. The number of hydrogen-bond acceptors (Lipinski definition) is 4. The van der Waals surface area contributed by atoms with Crippen LogP contribution in [0.1, 0.15) is 1.43 Å². The van der Waals surface area contributed by atoms with Gasteiger partial charge in [0.05, 0.1) is 0 Å². The molecule has 0 saturated heterocycles. The molecule has 2 amide bonds. The molecule has 0 aromatic rings. The summed E-state index contributed by atoms with van der Waals surface area (Å²) in [4.78, 5) is 17.3. The molecule has 0 fully saturated rings. The zero-order valence-electron chi connectivity index (χ0n) is 5.79. The summed E-state index contributed by atoms with van der Waals surface area (Å²) < 4.78 is 0. The fourth-order valence-corrected chi connectivity index (χ4v) is 0. The smallest absolute Gasteiger partial charge is 0.530 e. The summed E-state index contributed by atoms with van der Waals surface area (Å²) in [5.74, 6) is 0. The molecule has 48 valence electrons. The van der Waals surface area contributed by atoms with Gasteiger partial charge in [-0.2, -0.15) is 0 Å². The van der Waals surface area contributed by atoms with Gasteiger partial charge in [0.1, 0.15) is 12.2 Å². The molecule has 0 rings (SSSR count). The van der Waals surface area contributed by atoms with Gasteiger partial charge < -0.3 is 31.3 Å². The zero-order chi connectivity index (χ0) is 7.15. The third-order valence-corrected chi connectivity index (χ3v) is 0. The van der Waals surface area contributed by atoms with E-state index < -0.39 is 12.2 Å². The van der Waals surface area contributed by atoms with Crippen LogP contribution in [0, 0.1) is 0 Å². The molecule has 0 aliphatic rings. The molecule has 6 nitrogen and oxygen atoms in total. The first-order valence-electron chi connectivity index (χ1n) is 1.39. The van der Waals surface area contributed by atoms with Crippen molar-refractivity contribution in [3.8, 4) is 0 Å². The van der Waals surface area contributed by atoms with Crippen molar-refractivity contribution >= 4 is 12.2 Å². The molecule has 0 atom stereocenters. The topological polar surface area (TPSA) is 132 Å². The Hall–Kier alpha value is -0.460. The normalized spacial score (nSPS) is 5.33. The molecule has 7 heteroatoms. The number of amides is 2. The van der Waals surface area contributed by atoms with E-state index in [2.05, 4.69) is 11.5 Å². The maximum absolute atomic E-state index is 8.67. The summed E-state index contributed by atoms with van der Waals surface area (Å²) >= 11 is 0. The monoisotopic (exact) mass is 144 g/mol. The molecule has 0 radical (unpaired) electrons. The van der Waals surface area contributed by atoms with Gasteiger partial charge in [-0.05, 0) is 0 Å². The minimum absolute atomic E-state index is 0. The molecule has 0 aliphatic heterocycles. The number of nitrogens with two attached hydrogens (primary N) is 2. The van der Waals surface area contributed by atoms with Gasteiger partial charge >= 0.3 is 31.0 Å². The van der Waals surface area contributed by atoms with Crippen molar-refractivity contribution in [1.82, 2.24) is 0 Å². The van der Waals surface area contributed by atoms with Crippen molar-refractivity contribution < 1.29 is 50.8 Å². The average molecular weight is 144 g/mol. The van der Waals surface area contributed by atoms with Crippen LogP contribution in [-0.4, -0.2) is 12.2 Å². The van der Waals surface area contributed by atoms with Crippen LogP contribution in [0.2, 0.25) is 0 Å². The van der Waals surface area contributed by atoms with E-state index in [1.54, 1.807) is 0 Å². The molecular formula is C2H5N2NaO4. The molecule has 0 saturated carbocycles. The first-order chi connectivity index (χ1) is 3.46. The molecule has 0 spiro atoms. The Labute approximate surface area is 74.6 Å². The number of carbonyl (C=O) groups is 2. The number of primary amides is 2. The standard InChI is InChI=1S/2CH3NO2.Na/c2*2-1(3)4;/h2*2H2,(H,3,4);/q;;+1/p-1. The summed E-state index contributed by atoms with van der Waals surface area (Å²) in [6, 6.07) is 0. The van der Waals surface area contributed by atoms with E-state index >= 15 is 0 Å². The number of carbonyl (C=O) groups excluding carboxylic acids is 2. The Balaban J connectivity index is -0.0000000300. The van der Waals surface area contributed by atoms with E-state index in [1.165, 1.54) is 0 Å². The van der Waals surface area contributed by atoms with Crippen LogP contribution in [0.25, 0.3) is 0 Å². The average Bonchev–Trinajstić information content (AvgIpc) is 1.25. The van der Waals surface area contributed by atoms with Crippen LogP contribution >= 0.6 is 0 Å². The van der Waals surface area contributed by atoms with Gasteiger partial charge in [0.15, 0.2) is 0 Å². The minimum atomic E-state index is -1.58. The van der Waals surface area contributed by atoms with E-state index in [0.717, 1.165) is 0 Å². The van der Waals surface area contributed by atoms with Crippen molar-refractivity contribution in [2.24, 2.45) is 11.5 Å². The molecule has 0 aromatic heterocycles. The summed E-state index contributed by atoms with van der Waals surface area (Å²) in [5.41, 5.74) is 7.83. The predicted octanol–water partition coefficient (Wildman–Crippen LogP) is -6.31. The number of carboxylic acid groups (broad SMARTS) is 2. The minimum Gasteiger partial charge on any atom is -0.530 e. The van der Waals surface area contributed by atoms with Crippen molar-refractivity contribution in [3.63, 3.8) is 0 Å². The van der Waals surface area contributed by atoms with Gasteiger partial charge in [-0.25, -0.2) is 0 Å². The van der Waals surface area contributed by atoms with E-state index in [9.17, 15) is 0 Å².